The number of hydrogen-bond donors (Lipinski definition) is 0. The van der Waals surface area contributed by atoms with Crippen LogP contribution in [0.2, 0.25) is 0 Å². The summed E-state index contributed by atoms with van der Waals surface area (Å²) in [6.45, 7) is 8.87. The van der Waals surface area contributed by atoms with Gasteiger partial charge in [0.05, 0.1) is 4.90 Å². The summed E-state index contributed by atoms with van der Waals surface area (Å²) in [5.74, 6) is 0. The quantitative estimate of drug-likeness (QED) is 0.788. The summed E-state index contributed by atoms with van der Waals surface area (Å²) in [7, 11) is -3.35. The van der Waals surface area contributed by atoms with Crippen LogP contribution in [0.4, 0.5) is 0 Å². The van der Waals surface area contributed by atoms with Gasteiger partial charge in [0.15, 0.2) is 0 Å². The van der Waals surface area contributed by atoms with Gasteiger partial charge in [-0.3, -0.25) is 0 Å². The zero-order valence-corrected chi connectivity index (χ0v) is 11.7. The van der Waals surface area contributed by atoms with Crippen LogP contribution in [0, 0.1) is 12.3 Å². The molecule has 3 nitrogen and oxygen atoms in total. The lowest BCUT2D eigenvalue weighted by Gasteiger charge is -2.20. The van der Waals surface area contributed by atoms with Gasteiger partial charge in [-0.1, -0.05) is 30.7 Å². The third-order valence-corrected chi connectivity index (χ3v) is 5.48. The highest BCUT2D eigenvalue weighted by molar-refractivity contribution is 7.89. The van der Waals surface area contributed by atoms with Crippen molar-refractivity contribution in [2.24, 2.45) is 5.41 Å². The average Bonchev–Trinajstić information content (AvgIpc) is 2.74. The van der Waals surface area contributed by atoms with Crippen LogP contribution in [-0.4, -0.2) is 25.8 Å². The first-order chi connectivity index (χ1) is 8.37. The summed E-state index contributed by atoms with van der Waals surface area (Å²) in [6, 6.07) is 7.01. The molecule has 1 aromatic carbocycles. The SMILES string of the molecule is C=C[C@@]1(C)CCN(S(=O)(=O)c2ccc(C)cc2)C1. The molecular formula is C14H19NO2S. The van der Waals surface area contributed by atoms with Crippen molar-refractivity contribution in [3.05, 3.63) is 42.5 Å². The number of sulfonamides is 1. The highest BCUT2D eigenvalue weighted by Crippen LogP contribution is 2.34. The second kappa shape index (κ2) is 4.52. The number of aryl methyl sites for hydroxylation is 1. The Kier molecular flexibility index (Phi) is 3.34. The first kappa shape index (κ1) is 13.3. The molecule has 0 radical (unpaired) electrons. The van der Waals surface area contributed by atoms with Crippen molar-refractivity contribution < 1.29 is 8.42 Å². The predicted molar refractivity (Wildman–Crippen MR) is 72.9 cm³/mol. The first-order valence-electron chi connectivity index (χ1n) is 6.08. The molecule has 0 unspecified atom stereocenters. The average molecular weight is 265 g/mol. The fourth-order valence-corrected chi connectivity index (χ4v) is 3.75. The molecule has 98 valence electrons. The van der Waals surface area contributed by atoms with Gasteiger partial charge in [0.1, 0.15) is 0 Å². The zero-order chi connectivity index (χ0) is 13.4. The smallest absolute Gasteiger partial charge is 0.207 e. The van der Waals surface area contributed by atoms with Crippen molar-refractivity contribution in [2.45, 2.75) is 25.2 Å². The third kappa shape index (κ3) is 2.35. The van der Waals surface area contributed by atoms with Crippen molar-refractivity contribution in [3.63, 3.8) is 0 Å². The van der Waals surface area contributed by atoms with E-state index in [-0.39, 0.29) is 5.41 Å². The van der Waals surface area contributed by atoms with E-state index in [0.717, 1.165) is 12.0 Å². The molecule has 18 heavy (non-hydrogen) atoms. The molecule has 1 saturated heterocycles. The zero-order valence-electron chi connectivity index (χ0n) is 10.9. The van der Waals surface area contributed by atoms with E-state index in [1.165, 1.54) is 0 Å². The molecule has 2 rings (SSSR count). The lowest BCUT2D eigenvalue weighted by Crippen LogP contribution is -2.30. The molecule has 0 amide bonds. The molecule has 4 heteroatoms. The number of nitrogens with zero attached hydrogens (tertiary/aromatic N) is 1. The molecule has 0 saturated carbocycles. The Balaban J connectivity index is 2.28. The minimum atomic E-state index is -3.35. The second-order valence-electron chi connectivity index (χ2n) is 5.26. The lowest BCUT2D eigenvalue weighted by atomic mass is 9.90. The van der Waals surface area contributed by atoms with Crippen LogP contribution in [0.25, 0.3) is 0 Å². The maximum absolute atomic E-state index is 12.4. The van der Waals surface area contributed by atoms with Crippen LogP contribution in [0.1, 0.15) is 18.9 Å². The fourth-order valence-electron chi connectivity index (χ4n) is 2.17. The van der Waals surface area contributed by atoms with Gasteiger partial charge in [0.2, 0.25) is 10.0 Å². The van der Waals surface area contributed by atoms with E-state index in [0.29, 0.717) is 18.0 Å². The van der Waals surface area contributed by atoms with Crippen molar-refractivity contribution in [2.75, 3.05) is 13.1 Å². The van der Waals surface area contributed by atoms with Gasteiger partial charge in [0, 0.05) is 18.5 Å². The largest absolute Gasteiger partial charge is 0.243 e. The summed E-state index contributed by atoms with van der Waals surface area (Å²) in [5, 5.41) is 0. The van der Waals surface area contributed by atoms with Gasteiger partial charge < -0.3 is 0 Å². The molecular weight excluding hydrogens is 246 g/mol. The molecule has 1 heterocycles. The molecule has 0 N–H and O–H groups in total. The van der Waals surface area contributed by atoms with Crippen molar-refractivity contribution >= 4 is 10.0 Å². The topological polar surface area (TPSA) is 37.4 Å². The third-order valence-electron chi connectivity index (χ3n) is 3.62. The van der Waals surface area contributed by atoms with E-state index in [9.17, 15) is 8.42 Å². The van der Waals surface area contributed by atoms with Crippen molar-refractivity contribution in [1.82, 2.24) is 4.31 Å². The van der Waals surface area contributed by atoms with Crippen LogP contribution in [-0.2, 0) is 10.0 Å². The summed E-state index contributed by atoms with van der Waals surface area (Å²) in [6.07, 6.45) is 2.69. The molecule has 1 fully saturated rings. The minimum Gasteiger partial charge on any atom is -0.207 e. The molecule has 0 bridgehead atoms. The predicted octanol–water partition coefficient (Wildman–Crippen LogP) is 2.58. The van der Waals surface area contributed by atoms with E-state index < -0.39 is 10.0 Å². The molecule has 0 spiro atoms. The molecule has 1 aliphatic heterocycles. The van der Waals surface area contributed by atoms with E-state index in [4.69, 9.17) is 0 Å². The molecule has 0 aliphatic carbocycles. The van der Waals surface area contributed by atoms with Crippen molar-refractivity contribution in [1.29, 1.82) is 0 Å². The molecule has 1 aliphatic rings. The molecule has 1 aromatic rings. The minimum absolute atomic E-state index is 0.0994. The summed E-state index contributed by atoms with van der Waals surface area (Å²) in [4.78, 5) is 0.376. The Morgan fingerprint density at radius 1 is 1.33 bits per heavy atom. The van der Waals surface area contributed by atoms with Crippen LogP contribution >= 0.6 is 0 Å². The Bertz CT molecular complexity index is 548. The first-order valence-corrected chi connectivity index (χ1v) is 7.52. The summed E-state index contributed by atoms with van der Waals surface area (Å²) >= 11 is 0. The molecule has 0 aromatic heterocycles. The fraction of sp³-hybridized carbons (Fsp3) is 0.429. The molecule has 1 atom stereocenters. The van der Waals surface area contributed by atoms with Gasteiger partial charge in [-0.05, 0) is 25.5 Å². The normalized spacial score (nSPS) is 25.2. The maximum atomic E-state index is 12.4. The van der Waals surface area contributed by atoms with Crippen LogP contribution in [0.3, 0.4) is 0 Å². The Hall–Kier alpha value is -1.13. The maximum Gasteiger partial charge on any atom is 0.243 e. The van der Waals surface area contributed by atoms with Gasteiger partial charge in [-0.15, -0.1) is 6.58 Å². The Morgan fingerprint density at radius 2 is 1.94 bits per heavy atom. The van der Waals surface area contributed by atoms with Crippen LogP contribution in [0.5, 0.6) is 0 Å². The lowest BCUT2D eigenvalue weighted by molar-refractivity contribution is 0.419. The highest BCUT2D eigenvalue weighted by atomic mass is 32.2. The monoisotopic (exact) mass is 265 g/mol. The van der Waals surface area contributed by atoms with E-state index in [1.54, 1.807) is 16.4 Å². The van der Waals surface area contributed by atoms with Crippen LogP contribution < -0.4 is 0 Å². The number of hydrogen-bond acceptors (Lipinski definition) is 2. The van der Waals surface area contributed by atoms with Crippen LogP contribution in [0.15, 0.2) is 41.8 Å². The van der Waals surface area contributed by atoms with E-state index in [2.05, 4.69) is 6.58 Å². The van der Waals surface area contributed by atoms with Gasteiger partial charge in [0.25, 0.3) is 0 Å². The summed E-state index contributed by atoms with van der Waals surface area (Å²) < 4.78 is 26.4. The highest BCUT2D eigenvalue weighted by Gasteiger charge is 2.37. The van der Waals surface area contributed by atoms with E-state index >= 15 is 0 Å². The number of rotatable bonds is 3. The summed E-state index contributed by atoms with van der Waals surface area (Å²) in [5.41, 5.74) is 0.962. The van der Waals surface area contributed by atoms with Gasteiger partial charge in [-0.25, -0.2) is 8.42 Å². The van der Waals surface area contributed by atoms with Gasteiger partial charge in [-0.2, -0.15) is 4.31 Å². The van der Waals surface area contributed by atoms with E-state index in [1.807, 2.05) is 32.1 Å². The standard InChI is InChI=1S/C14H19NO2S/c1-4-14(3)9-10-15(11-14)18(16,17)13-7-5-12(2)6-8-13/h4-8H,1,9-11H2,2-3H3/t14-/m0/s1. The Morgan fingerprint density at radius 3 is 2.44 bits per heavy atom. The number of benzene rings is 1. The van der Waals surface area contributed by atoms with Gasteiger partial charge >= 0.3 is 0 Å². The second-order valence-corrected chi connectivity index (χ2v) is 7.20. The Labute approximate surface area is 109 Å². The van der Waals surface area contributed by atoms with Crippen molar-refractivity contribution in [3.8, 4) is 0 Å².